The summed E-state index contributed by atoms with van der Waals surface area (Å²) >= 11 is 0. The Bertz CT molecular complexity index is 1020. The minimum Gasteiger partial charge on any atom is -0.454 e. The van der Waals surface area contributed by atoms with Gasteiger partial charge in [0, 0.05) is 23.4 Å². The molecule has 0 radical (unpaired) electrons. The zero-order valence-corrected chi connectivity index (χ0v) is 17.0. The van der Waals surface area contributed by atoms with E-state index < -0.39 is 10.9 Å². The van der Waals surface area contributed by atoms with Crippen LogP contribution in [0.4, 0.5) is 23.1 Å². The smallest absolute Gasteiger partial charge is 0.225 e. The highest BCUT2D eigenvalue weighted by molar-refractivity contribution is 7.68. The van der Waals surface area contributed by atoms with E-state index in [4.69, 9.17) is 4.55 Å². The van der Waals surface area contributed by atoms with Crippen LogP contribution in [0.25, 0.3) is 11.3 Å². The first-order chi connectivity index (χ1) is 14.0. The highest BCUT2D eigenvalue weighted by atomic mass is 32.2. The number of benzene rings is 2. The lowest BCUT2D eigenvalue weighted by Gasteiger charge is -2.15. The van der Waals surface area contributed by atoms with Crippen LogP contribution in [0.3, 0.4) is 0 Å². The van der Waals surface area contributed by atoms with Crippen molar-refractivity contribution in [2.75, 3.05) is 16.2 Å². The molecule has 4 N–H and O–H groups in total. The summed E-state index contributed by atoms with van der Waals surface area (Å²) in [7, 11) is -2.22. The van der Waals surface area contributed by atoms with E-state index in [0.717, 1.165) is 23.4 Å². The molecule has 3 rings (SSSR count). The molecule has 0 amide bonds. The molecule has 9 heteroatoms. The summed E-state index contributed by atoms with van der Waals surface area (Å²) in [6.45, 7) is 4.18. The summed E-state index contributed by atoms with van der Waals surface area (Å²) in [5.41, 5.74) is 9.12. The molecular weight excluding hydrogens is 388 g/mol. The largest absolute Gasteiger partial charge is 0.454 e. The molecule has 29 heavy (non-hydrogen) atoms. The quantitative estimate of drug-likeness (QED) is 0.233. The third-order valence-electron chi connectivity index (χ3n) is 4.17. The first-order valence-electron chi connectivity index (χ1n) is 9.19. The fourth-order valence-corrected chi connectivity index (χ4v) is 2.79. The van der Waals surface area contributed by atoms with Gasteiger partial charge in [0.2, 0.25) is 5.95 Å². The summed E-state index contributed by atoms with van der Waals surface area (Å²) in [4.78, 5) is 9.16. The maximum Gasteiger partial charge on any atom is 0.225 e. The van der Waals surface area contributed by atoms with E-state index in [1.54, 1.807) is 24.3 Å². The minimum atomic E-state index is -2.22. The third kappa shape index (κ3) is 6.16. The van der Waals surface area contributed by atoms with Crippen LogP contribution in [0.15, 0.2) is 65.0 Å². The van der Waals surface area contributed by atoms with E-state index in [1.165, 1.54) is 0 Å². The zero-order valence-electron chi connectivity index (χ0n) is 16.2. The maximum absolute atomic E-state index is 10.7. The first kappa shape index (κ1) is 20.6. The number of nitrogens with one attached hydrogen (secondary N) is 3. The number of hydrazine groups is 1. The lowest BCUT2D eigenvalue weighted by molar-refractivity contribution is 0.529. The fourth-order valence-electron chi connectivity index (χ4n) is 2.49. The van der Waals surface area contributed by atoms with Crippen molar-refractivity contribution in [3.63, 3.8) is 0 Å². The van der Waals surface area contributed by atoms with E-state index in [0.29, 0.717) is 17.5 Å². The average Bonchev–Trinajstić information content (AvgIpc) is 2.73. The second-order valence-corrected chi connectivity index (χ2v) is 7.04. The van der Waals surface area contributed by atoms with Crippen molar-refractivity contribution in [2.45, 2.75) is 26.3 Å². The van der Waals surface area contributed by atoms with Crippen LogP contribution in [0.2, 0.25) is 0 Å². The van der Waals surface area contributed by atoms with Gasteiger partial charge in [-0.25, -0.2) is 4.98 Å². The Morgan fingerprint density at radius 2 is 1.79 bits per heavy atom. The fraction of sp³-hybridized carbons (Fsp3) is 0.200. The van der Waals surface area contributed by atoms with Crippen molar-refractivity contribution >= 4 is 34.0 Å². The Morgan fingerprint density at radius 1 is 1.07 bits per heavy atom. The van der Waals surface area contributed by atoms with Gasteiger partial charge in [0.25, 0.3) is 0 Å². The number of nitrogens with zero attached hydrogens (tertiary/aromatic N) is 3. The van der Waals surface area contributed by atoms with Crippen LogP contribution >= 0.6 is 0 Å². The van der Waals surface area contributed by atoms with E-state index in [2.05, 4.69) is 44.3 Å². The molecule has 0 spiro atoms. The summed E-state index contributed by atoms with van der Waals surface area (Å²) in [6, 6.07) is 18.8. The van der Waals surface area contributed by atoms with Crippen LogP contribution < -0.4 is 16.2 Å². The van der Waals surface area contributed by atoms with E-state index in [9.17, 15) is 4.21 Å². The first-order valence-corrected chi connectivity index (χ1v) is 10.3. The third-order valence-corrected chi connectivity index (χ3v) is 4.54. The predicted molar refractivity (Wildman–Crippen MR) is 117 cm³/mol. The highest BCUT2D eigenvalue weighted by Crippen LogP contribution is 2.22. The van der Waals surface area contributed by atoms with Crippen molar-refractivity contribution in [3.05, 3.63) is 60.7 Å². The molecule has 0 saturated carbocycles. The average molecular weight is 412 g/mol. The van der Waals surface area contributed by atoms with Gasteiger partial charge in [-0.3, -0.25) is 10.9 Å². The minimum absolute atomic E-state index is 0.246. The zero-order chi connectivity index (χ0) is 20.6. The molecule has 1 heterocycles. The Morgan fingerprint density at radius 3 is 2.45 bits per heavy atom. The molecule has 1 aromatic heterocycles. The van der Waals surface area contributed by atoms with Crippen molar-refractivity contribution < 1.29 is 8.76 Å². The van der Waals surface area contributed by atoms with Gasteiger partial charge in [0.05, 0.1) is 11.4 Å². The molecule has 0 saturated heterocycles. The van der Waals surface area contributed by atoms with Crippen LogP contribution in [0, 0.1) is 0 Å². The van der Waals surface area contributed by atoms with Gasteiger partial charge in [0.1, 0.15) is 0 Å². The van der Waals surface area contributed by atoms with Gasteiger partial charge < -0.3 is 18.4 Å². The Hall–Kier alpha value is -3.17. The molecule has 0 fully saturated rings. The molecular formula is C20H23N6O2S-. The predicted octanol–water partition coefficient (Wildman–Crippen LogP) is 5.04. The Balaban J connectivity index is 1.81. The normalized spacial score (nSPS) is 12.9. The molecule has 0 aliphatic heterocycles. The standard InChI is InChI=1S/C20H23N6O2S/c1-3-14(2)21-20-22-18(15-7-5-4-6-8-15)13-19(23-20)25-24-16-9-11-17(12-10-16)26-29(27)28/h4-14,24H,3H2,1-2H3,(H,26,27,28)(H2,21,22,23,25)/q-1/t14-/m1/s1. The number of aromatic nitrogens is 2. The van der Waals surface area contributed by atoms with Gasteiger partial charge in [-0.1, -0.05) is 48.1 Å². The molecule has 0 aliphatic rings. The van der Waals surface area contributed by atoms with Crippen LogP contribution in [0.5, 0.6) is 0 Å². The van der Waals surface area contributed by atoms with Crippen LogP contribution in [-0.4, -0.2) is 20.6 Å². The van der Waals surface area contributed by atoms with Gasteiger partial charge in [-0.2, -0.15) is 4.98 Å². The van der Waals surface area contributed by atoms with Gasteiger partial charge in [0.15, 0.2) is 5.82 Å². The van der Waals surface area contributed by atoms with Crippen molar-refractivity contribution in [1.29, 1.82) is 0 Å². The molecule has 2 aromatic carbocycles. The molecule has 152 valence electrons. The summed E-state index contributed by atoms with van der Waals surface area (Å²) in [6.07, 6.45) is 0.954. The molecule has 8 nitrogen and oxygen atoms in total. The Labute approximate surface area is 171 Å². The second-order valence-electron chi connectivity index (χ2n) is 6.40. The topological polar surface area (TPSA) is 112 Å². The number of hydrogen-bond acceptors (Lipinski definition) is 8. The van der Waals surface area contributed by atoms with Gasteiger partial charge >= 0.3 is 0 Å². The van der Waals surface area contributed by atoms with Gasteiger partial charge in [-0.05, 0) is 37.6 Å². The van der Waals surface area contributed by atoms with E-state index in [-0.39, 0.29) is 6.04 Å². The monoisotopic (exact) mass is 411 g/mol. The number of hydrogen-bond donors (Lipinski definition) is 4. The molecule has 1 atom stereocenters. The molecule has 0 aliphatic carbocycles. The molecule has 0 unspecified atom stereocenters. The lowest BCUT2D eigenvalue weighted by atomic mass is 10.1. The van der Waals surface area contributed by atoms with Crippen molar-refractivity contribution in [2.24, 2.45) is 4.36 Å². The SMILES string of the molecule is CC[C@@H](C)Nc1nc(NNc2ccc(N=[S-](=O)O)cc2)cc(-c2ccccc2)n1. The molecule has 3 aromatic rings. The van der Waals surface area contributed by atoms with Crippen LogP contribution in [0.1, 0.15) is 20.3 Å². The van der Waals surface area contributed by atoms with E-state index >= 15 is 0 Å². The number of anilines is 3. The lowest BCUT2D eigenvalue weighted by Crippen LogP contribution is -2.17. The summed E-state index contributed by atoms with van der Waals surface area (Å²) < 4.78 is 23.1. The van der Waals surface area contributed by atoms with Gasteiger partial charge in [-0.15, -0.1) is 0 Å². The molecule has 0 bridgehead atoms. The number of rotatable bonds is 8. The highest BCUT2D eigenvalue weighted by Gasteiger charge is 2.08. The van der Waals surface area contributed by atoms with E-state index in [1.807, 2.05) is 36.4 Å². The van der Waals surface area contributed by atoms with Crippen molar-refractivity contribution in [3.8, 4) is 11.3 Å². The summed E-state index contributed by atoms with van der Waals surface area (Å²) in [5, 5.41) is 3.31. The maximum atomic E-state index is 10.7. The Kier molecular flexibility index (Phi) is 6.99. The summed E-state index contributed by atoms with van der Waals surface area (Å²) in [5.74, 6) is 1.15. The second kappa shape index (κ2) is 9.85. The van der Waals surface area contributed by atoms with Crippen molar-refractivity contribution in [1.82, 2.24) is 9.97 Å². The van der Waals surface area contributed by atoms with Crippen LogP contribution in [-0.2, 0) is 15.1 Å².